The summed E-state index contributed by atoms with van der Waals surface area (Å²) in [6, 6.07) is 3.65. The molecule has 0 aliphatic carbocycles. The molecule has 0 fully saturated rings. The van der Waals surface area contributed by atoms with E-state index < -0.39 is 0 Å². The third kappa shape index (κ3) is 2.24. The Labute approximate surface area is 92.2 Å². The molecule has 0 atom stereocenters. The number of nitrogens with one attached hydrogen (secondary N) is 1. The lowest BCUT2D eigenvalue weighted by Crippen LogP contribution is -1.93. The van der Waals surface area contributed by atoms with Crippen LogP contribution in [0, 0.1) is 13.8 Å². The van der Waals surface area contributed by atoms with Crippen LogP contribution in [0.3, 0.4) is 0 Å². The minimum Gasteiger partial charge on any atom is -0.384 e. The van der Waals surface area contributed by atoms with Gasteiger partial charge in [0, 0.05) is 22.8 Å². The summed E-state index contributed by atoms with van der Waals surface area (Å²) < 4.78 is 0. The minimum absolute atomic E-state index is 0.505. The van der Waals surface area contributed by atoms with Gasteiger partial charge in [0.15, 0.2) is 5.13 Å². The van der Waals surface area contributed by atoms with Gasteiger partial charge in [-0.05, 0) is 19.9 Å². The van der Waals surface area contributed by atoms with E-state index in [1.807, 2.05) is 13.0 Å². The molecule has 2 aromatic heterocycles. The van der Waals surface area contributed by atoms with Gasteiger partial charge < -0.3 is 11.1 Å². The van der Waals surface area contributed by atoms with Crippen LogP contribution in [0.25, 0.3) is 0 Å². The van der Waals surface area contributed by atoms with E-state index >= 15 is 0 Å². The van der Waals surface area contributed by atoms with Gasteiger partial charge in [-0.2, -0.15) is 0 Å². The standard InChI is InChI=1S/C10H12N4S/c1-6-7(2)15-10(13-6)14-8-3-4-12-9(11)5-8/h3-5H,1-2H3,(H3,11,12,13,14). The third-order valence-electron chi connectivity index (χ3n) is 2.06. The van der Waals surface area contributed by atoms with Gasteiger partial charge in [-0.1, -0.05) is 0 Å². The Balaban J connectivity index is 2.22. The van der Waals surface area contributed by atoms with E-state index in [-0.39, 0.29) is 0 Å². The van der Waals surface area contributed by atoms with Gasteiger partial charge in [-0.3, -0.25) is 0 Å². The quantitative estimate of drug-likeness (QED) is 0.816. The first kappa shape index (κ1) is 9.92. The zero-order valence-electron chi connectivity index (χ0n) is 8.61. The summed E-state index contributed by atoms with van der Waals surface area (Å²) in [7, 11) is 0. The van der Waals surface area contributed by atoms with E-state index in [1.54, 1.807) is 23.6 Å². The van der Waals surface area contributed by atoms with Gasteiger partial charge in [0.25, 0.3) is 0 Å². The average Bonchev–Trinajstić information content (AvgIpc) is 2.45. The first-order valence-corrected chi connectivity index (χ1v) is 5.39. The fourth-order valence-corrected chi connectivity index (χ4v) is 2.01. The highest BCUT2D eigenvalue weighted by Crippen LogP contribution is 2.24. The first-order chi connectivity index (χ1) is 7.15. The molecular weight excluding hydrogens is 208 g/mol. The number of nitrogens with zero attached hydrogens (tertiary/aromatic N) is 2. The first-order valence-electron chi connectivity index (χ1n) is 4.58. The van der Waals surface area contributed by atoms with Gasteiger partial charge in [0.05, 0.1) is 5.69 Å². The summed E-state index contributed by atoms with van der Waals surface area (Å²) in [4.78, 5) is 9.53. The van der Waals surface area contributed by atoms with E-state index in [4.69, 9.17) is 5.73 Å². The maximum absolute atomic E-state index is 5.58. The van der Waals surface area contributed by atoms with Crippen LogP contribution < -0.4 is 11.1 Å². The van der Waals surface area contributed by atoms with E-state index in [9.17, 15) is 0 Å². The lowest BCUT2D eigenvalue weighted by atomic mass is 10.4. The van der Waals surface area contributed by atoms with Crippen molar-refractivity contribution in [3.8, 4) is 0 Å². The van der Waals surface area contributed by atoms with Crippen LogP contribution in [0.4, 0.5) is 16.6 Å². The van der Waals surface area contributed by atoms with Gasteiger partial charge in [-0.15, -0.1) is 11.3 Å². The van der Waals surface area contributed by atoms with Gasteiger partial charge in [0.2, 0.25) is 0 Å². The molecule has 2 heterocycles. The van der Waals surface area contributed by atoms with E-state index in [1.165, 1.54) is 4.88 Å². The van der Waals surface area contributed by atoms with Gasteiger partial charge in [0.1, 0.15) is 5.82 Å². The van der Waals surface area contributed by atoms with Gasteiger partial charge >= 0.3 is 0 Å². The molecule has 0 unspecified atom stereocenters. The number of rotatable bonds is 2. The number of anilines is 3. The van der Waals surface area contributed by atoms with Crippen LogP contribution in [0.5, 0.6) is 0 Å². The minimum atomic E-state index is 0.505. The Kier molecular flexibility index (Phi) is 2.55. The lowest BCUT2D eigenvalue weighted by molar-refractivity contribution is 1.23. The number of thiazole rings is 1. The molecule has 5 heteroatoms. The Bertz CT molecular complexity index is 459. The van der Waals surface area contributed by atoms with Crippen LogP contribution in [-0.4, -0.2) is 9.97 Å². The van der Waals surface area contributed by atoms with Crippen molar-refractivity contribution in [1.29, 1.82) is 0 Å². The molecule has 3 N–H and O–H groups in total. The molecule has 15 heavy (non-hydrogen) atoms. The number of hydrogen-bond donors (Lipinski definition) is 2. The predicted octanol–water partition coefficient (Wildman–Crippen LogP) is 2.48. The average molecular weight is 220 g/mol. The number of nitrogen functional groups attached to an aromatic ring is 1. The highest BCUT2D eigenvalue weighted by molar-refractivity contribution is 7.15. The van der Waals surface area contributed by atoms with Crippen LogP contribution >= 0.6 is 11.3 Å². The van der Waals surface area contributed by atoms with Crippen molar-refractivity contribution < 1.29 is 0 Å². The van der Waals surface area contributed by atoms with Crippen molar-refractivity contribution in [2.75, 3.05) is 11.1 Å². The Hall–Kier alpha value is -1.62. The molecule has 4 nitrogen and oxygen atoms in total. The molecule has 0 saturated carbocycles. The molecule has 2 rings (SSSR count). The van der Waals surface area contributed by atoms with Gasteiger partial charge in [-0.25, -0.2) is 9.97 Å². The summed E-state index contributed by atoms with van der Waals surface area (Å²) in [5.74, 6) is 0.505. The number of nitrogens with two attached hydrogens (primary N) is 1. The SMILES string of the molecule is Cc1nc(Nc2ccnc(N)c2)sc1C. The molecule has 0 saturated heterocycles. The van der Waals surface area contributed by atoms with Crippen LogP contribution in [0.2, 0.25) is 0 Å². The van der Waals surface area contributed by atoms with E-state index in [0.29, 0.717) is 5.82 Å². The second-order valence-electron chi connectivity index (χ2n) is 3.25. The normalized spacial score (nSPS) is 10.3. The molecule has 0 spiro atoms. The van der Waals surface area contributed by atoms with Crippen molar-refractivity contribution in [2.24, 2.45) is 0 Å². The fourth-order valence-electron chi connectivity index (χ4n) is 1.18. The number of hydrogen-bond acceptors (Lipinski definition) is 5. The predicted molar refractivity (Wildman–Crippen MR) is 63.5 cm³/mol. The summed E-state index contributed by atoms with van der Waals surface area (Å²) in [6.45, 7) is 4.05. The molecule has 2 aromatic rings. The number of pyridine rings is 1. The fraction of sp³-hybridized carbons (Fsp3) is 0.200. The van der Waals surface area contributed by atoms with Crippen molar-refractivity contribution in [2.45, 2.75) is 13.8 Å². The monoisotopic (exact) mass is 220 g/mol. The summed E-state index contributed by atoms with van der Waals surface area (Å²) in [5.41, 5.74) is 7.55. The lowest BCUT2D eigenvalue weighted by Gasteiger charge is -2.01. The van der Waals surface area contributed by atoms with E-state index in [0.717, 1.165) is 16.5 Å². The van der Waals surface area contributed by atoms with Crippen molar-refractivity contribution in [3.05, 3.63) is 28.9 Å². The van der Waals surface area contributed by atoms with Crippen LogP contribution in [0.15, 0.2) is 18.3 Å². The summed E-state index contributed by atoms with van der Waals surface area (Å²) in [5, 5.41) is 4.08. The van der Waals surface area contributed by atoms with Crippen LogP contribution in [-0.2, 0) is 0 Å². The number of aromatic nitrogens is 2. The molecule has 0 amide bonds. The maximum Gasteiger partial charge on any atom is 0.187 e. The molecule has 0 aliphatic rings. The Morgan fingerprint density at radius 3 is 2.80 bits per heavy atom. The molecular formula is C10H12N4S. The number of aryl methyl sites for hydroxylation is 2. The molecule has 78 valence electrons. The summed E-state index contributed by atoms with van der Waals surface area (Å²) in [6.07, 6.45) is 1.67. The molecule has 0 radical (unpaired) electrons. The largest absolute Gasteiger partial charge is 0.384 e. The zero-order valence-corrected chi connectivity index (χ0v) is 9.43. The molecule has 0 bridgehead atoms. The van der Waals surface area contributed by atoms with E-state index in [2.05, 4.69) is 22.2 Å². The van der Waals surface area contributed by atoms with Crippen LogP contribution in [0.1, 0.15) is 10.6 Å². The molecule has 0 aliphatic heterocycles. The Morgan fingerprint density at radius 1 is 1.40 bits per heavy atom. The smallest absolute Gasteiger partial charge is 0.187 e. The van der Waals surface area contributed by atoms with Crippen molar-refractivity contribution in [3.63, 3.8) is 0 Å². The second kappa shape index (κ2) is 3.86. The topological polar surface area (TPSA) is 63.8 Å². The highest BCUT2D eigenvalue weighted by Gasteiger charge is 2.03. The Morgan fingerprint density at radius 2 is 2.20 bits per heavy atom. The van der Waals surface area contributed by atoms with Crippen molar-refractivity contribution in [1.82, 2.24) is 9.97 Å². The summed E-state index contributed by atoms with van der Waals surface area (Å²) >= 11 is 1.63. The molecule has 0 aromatic carbocycles. The van der Waals surface area contributed by atoms with Crippen molar-refractivity contribution >= 4 is 28.0 Å². The highest BCUT2D eigenvalue weighted by atomic mass is 32.1. The third-order valence-corrected chi connectivity index (χ3v) is 3.05. The maximum atomic E-state index is 5.58. The second-order valence-corrected chi connectivity index (χ2v) is 4.46. The zero-order chi connectivity index (χ0) is 10.8.